The first kappa shape index (κ1) is 19.3. The van der Waals surface area contributed by atoms with Crippen molar-refractivity contribution in [1.29, 1.82) is 0 Å². The molecule has 0 aliphatic carbocycles. The number of aliphatic hydroxyl groups excluding tert-OH is 1. The van der Waals surface area contributed by atoms with Crippen molar-refractivity contribution in [3.63, 3.8) is 0 Å². The SMILES string of the molecule is CC(C)N(CCO)S(=O)(=O)c1cn(-c2ccccc2)nc1-c1ccccc1. The Bertz CT molecular complexity index is 984. The molecule has 27 heavy (non-hydrogen) atoms. The summed E-state index contributed by atoms with van der Waals surface area (Å²) in [6.07, 6.45) is 1.54. The van der Waals surface area contributed by atoms with Crippen molar-refractivity contribution in [2.24, 2.45) is 0 Å². The van der Waals surface area contributed by atoms with Gasteiger partial charge in [-0.1, -0.05) is 48.5 Å². The van der Waals surface area contributed by atoms with Gasteiger partial charge in [-0.3, -0.25) is 0 Å². The Hall–Kier alpha value is -2.48. The minimum absolute atomic E-state index is 0.0325. The highest BCUT2D eigenvalue weighted by atomic mass is 32.2. The predicted octanol–water partition coefficient (Wildman–Crippen LogP) is 2.93. The monoisotopic (exact) mass is 385 g/mol. The van der Waals surface area contributed by atoms with Crippen LogP contribution in [0.5, 0.6) is 0 Å². The zero-order valence-electron chi connectivity index (χ0n) is 15.4. The van der Waals surface area contributed by atoms with Crippen molar-refractivity contribution in [3.05, 3.63) is 66.9 Å². The van der Waals surface area contributed by atoms with Crippen LogP contribution in [0.15, 0.2) is 71.8 Å². The molecule has 0 amide bonds. The summed E-state index contributed by atoms with van der Waals surface area (Å²) in [4.78, 5) is 0.125. The predicted molar refractivity (Wildman–Crippen MR) is 105 cm³/mol. The van der Waals surface area contributed by atoms with Gasteiger partial charge in [0.1, 0.15) is 10.6 Å². The molecule has 0 aliphatic heterocycles. The molecule has 0 bridgehead atoms. The average molecular weight is 385 g/mol. The van der Waals surface area contributed by atoms with Crippen molar-refractivity contribution in [2.45, 2.75) is 24.8 Å². The van der Waals surface area contributed by atoms with Gasteiger partial charge in [-0.05, 0) is 26.0 Å². The van der Waals surface area contributed by atoms with Gasteiger partial charge in [0.2, 0.25) is 10.0 Å². The van der Waals surface area contributed by atoms with Gasteiger partial charge in [-0.15, -0.1) is 0 Å². The van der Waals surface area contributed by atoms with Gasteiger partial charge in [0.25, 0.3) is 0 Å². The summed E-state index contributed by atoms with van der Waals surface area (Å²) in [6.45, 7) is 3.36. The number of sulfonamides is 1. The van der Waals surface area contributed by atoms with Crippen LogP contribution < -0.4 is 0 Å². The quantitative estimate of drug-likeness (QED) is 0.678. The Morgan fingerprint density at radius 2 is 1.63 bits per heavy atom. The van der Waals surface area contributed by atoms with Gasteiger partial charge in [0, 0.05) is 18.2 Å². The average Bonchev–Trinajstić information content (AvgIpc) is 3.13. The standard InChI is InChI=1S/C20H23N3O3S/c1-16(2)23(13-14-24)27(25,26)19-15-22(18-11-7-4-8-12-18)21-20(19)17-9-5-3-6-10-17/h3-12,15-16,24H,13-14H2,1-2H3. The van der Waals surface area contributed by atoms with Crippen LogP contribution in [0.25, 0.3) is 16.9 Å². The Morgan fingerprint density at radius 3 is 2.19 bits per heavy atom. The molecule has 7 heteroatoms. The number of hydrogen-bond acceptors (Lipinski definition) is 4. The van der Waals surface area contributed by atoms with E-state index in [0.717, 1.165) is 11.3 Å². The smallest absolute Gasteiger partial charge is 0.247 e. The molecular weight excluding hydrogens is 362 g/mol. The maximum absolute atomic E-state index is 13.4. The highest BCUT2D eigenvalue weighted by molar-refractivity contribution is 7.89. The lowest BCUT2D eigenvalue weighted by atomic mass is 10.2. The molecule has 2 aromatic carbocycles. The maximum atomic E-state index is 13.4. The van der Waals surface area contributed by atoms with E-state index in [0.29, 0.717) is 5.69 Å². The number of aliphatic hydroxyl groups is 1. The van der Waals surface area contributed by atoms with Crippen molar-refractivity contribution in [3.8, 4) is 16.9 Å². The van der Waals surface area contributed by atoms with Crippen LogP contribution >= 0.6 is 0 Å². The molecule has 1 heterocycles. The molecule has 3 rings (SSSR count). The van der Waals surface area contributed by atoms with E-state index in [4.69, 9.17) is 0 Å². The summed E-state index contributed by atoms with van der Waals surface area (Å²) in [5.74, 6) is 0. The molecule has 0 radical (unpaired) electrons. The van der Waals surface area contributed by atoms with E-state index in [-0.39, 0.29) is 24.1 Å². The van der Waals surface area contributed by atoms with Gasteiger partial charge < -0.3 is 5.11 Å². The third-order valence-corrected chi connectivity index (χ3v) is 6.31. The van der Waals surface area contributed by atoms with Gasteiger partial charge in [0.05, 0.1) is 18.5 Å². The van der Waals surface area contributed by atoms with E-state index >= 15 is 0 Å². The summed E-state index contributed by atoms with van der Waals surface area (Å²) in [5.41, 5.74) is 1.89. The second kappa shape index (κ2) is 8.04. The zero-order chi connectivity index (χ0) is 19.4. The van der Waals surface area contributed by atoms with E-state index in [1.807, 2.05) is 60.7 Å². The normalized spacial score (nSPS) is 12.0. The molecule has 0 aliphatic rings. The summed E-state index contributed by atoms with van der Waals surface area (Å²) in [7, 11) is -3.84. The number of aromatic nitrogens is 2. The number of nitrogens with zero attached hydrogens (tertiary/aromatic N) is 3. The largest absolute Gasteiger partial charge is 0.395 e. The van der Waals surface area contributed by atoms with E-state index in [1.165, 1.54) is 4.31 Å². The Kier molecular flexibility index (Phi) is 5.74. The fraction of sp³-hybridized carbons (Fsp3) is 0.250. The lowest BCUT2D eigenvalue weighted by molar-refractivity contribution is 0.236. The minimum atomic E-state index is -3.84. The molecule has 0 unspecified atom stereocenters. The molecule has 0 spiro atoms. The lowest BCUT2D eigenvalue weighted by Gasteiger charge is -2.24. The Labute approximate surface area is 159 Å². The lowest BCUT2D eigenvalue weighted by Crippen LogP contribution is -2.39. The van der Waals surface area contributed by atoms with E-state index < -0.39 is 10.0 Å². The van der Waals surface area contributed by atoms with Crippen LogP contribution in [0, 0.1) is 0 Å². The van der Waals surface area contributed by atoms with Gasteiger partial charge in [0.15, 0.2) is 0 Å². The Balaban J connectivity index is 2.20. The van der Waals surface area contributed by atoms with E-state index in [2.05, 4.69) is 5.10 Å². The summed E-state index contributed by atoms with van der Waals surface area (Å²) < 4.78 is 29.6. The third-order valence-electron chi connectivity index (χ3n) is 4.23. The van der Waals surface area contributed by atoms with Crippen LogP contribution in [-0.2, 0) is 10.0 Å². The van der Waals surface area contributed by atoms with Crippen molar-refractivity contribution < 1.29 is 13.5 Å². The van der Waals surface area contributed by atoms with Crippen LogP contribution in [0.3, 0.4) is 0 Å². The number of rotatable bonds is 7. The van der Waals surface area contributed by atoms with Crippen molar-refractivity contribution >= 4 is 10.0 Å². The van der Waals surface area contributed by atoms with Gasteiger partial charge in [-0.2, -0.15) is 9.40 Å². The highest BCUT2D eigenvalue weighted by Crippen LogP contribution is 2.30. The fourth-order valence-electron chi connectivity index (χ4n) is 2.94. The molecule has 1 aromatic heterocycles. The summed E-state index contributed by atoms with van der Waals surface area (Å²) in [5, 5.41) is 13.9. The molecule has 0 fully saturated rings. The van der Waals surface area contributed by atoms with E-state index in [9.17, 15) is 13.5 Å². The molecule has 0 saturated heterocycles. The van der Waals surface area contributed by atoms with Crippen LogP contribution in [0.1, 0.15) is 13.8 Å². The van der Waals surface area contributed by atoms with Crippen LogP contribution in [-0.4, -0.2) is 46.8 Å². The third kappa shape index (κ3) is 3.95. The van der Waals surface area contributed by atoms with Gasteiger partial charge in [-0.25, -0.2) is 13.1 Å². The molecular formula is C20H23N3O3S. The second-order valence-corrected chi connectivity index (χ2v) is 8.28. The maximum Gasteiger partial charge on any atom is 0.247 e. The van der Waals surface area contributed by atoms with Crippen molar-refractivity contribution in [1.82, 2.24) is 14.1 Å². The highest BCUT2D eigenvalue weighted by Gasteiger charge is 2.31. The molecule has 3 aromatic rings. The topological polar surface area (TPSA) is 75.4 Å². The zero-order valence-corrected chi connectivity index (χ0v) is 16.2. The first-order chi connectivity index (χ1) is 12.9. The van der Waals surface area contributed by atoms with Crippen LogP contribution in [0.4, 0.5) is 0 Å². The Morgan fingerprint density at radius 1 is 1.04 bits per heavy atom. The summed E-state index contributed by atoms with van der Waals surface area (Å²) >= 11 is 0. The molecule has 1 N–H and O–H groups in total. The number of hydrogen-bond donors (Lipinski definition) is 1. The molecule has 0 saturated carbocycles. The van der Waals surface area contributed by atoms with Crippen molar-refractivity contribution in [2.75, 3.05) is 13.2 Å². The molecule has 0 atom stereocenters. The second-order valence-electron chi connectivity index (χ2n) is 6.42. The first-order valence-corrected chi connectivity index (χ1v) is 10.2. The molecule has 6 nitrogen and oxygen atoms in total. The van der Waals surface area contributed by atoms with E-state index in [1.54, 1.807) is 24.7 Å². The molecule has 142 valence electrons. The number of benzene rings is 2. The fourth-order valence-corrected chi connectivity index (χ4v) is 4.70. The first-order valence-electron chi connectivity index (χ1n) is 8.78. The number of para-hydroxylation sites is 1. The van der Waals surface area contributed by atoms with Gasteiger partial charge >= 0.3 is 0 Å². The summed E-state index contributed by atoms with van der Waals surface area (Å²) in [6, 6.07) is 18.3. The minimum Gasteiger partial charge on any atom is -0.395 e. The van der Waals surface area contributed by atoms with Crippen LogP contribution in [0.2, 0.25) is 0 Å².